The van der Waals surface area contributed by atoms with E-state index in [2.05, 4.69) is 24.7 Å². The van der Waals surface area contributed by atoms with Gasteiger partial charge in [0.25, 0.3) is 10.0 Å². The number of fused-ring (bicyclic) bond motifs is 3. The molecule has 37 heavy (non-hydrogen) atoms. The first-order chi connectivity index (χ1) is 17.5. The van der Waals surface area contributed by atoms with Crippen LogP contribution in [0.4, 0.5) is 10.1 Å². The topological polar surface area (TPSA) is 146 Å². The number of nitrogens with zero attached hydrogens (tertiary/aromatic N) is 5. The molecule has 190 valence electrons. The predicted molar refractivity (Wildman–Crippen MR) is 133 cm³/mol. The molecule has 0 aliphatic carbocycles. The molecular formula is C22H16ClFN6O5S2. The molecule has 11 nitrogen and oxygen atoms in total. The Morgan fingerprint density at radius 1 is 1.00 bits per heavy atom. The number of methoxy groups -OCH3 is 1. The number of hydrogen-bond acceptors (Lipinski definition) is 9. The van der Waals surface area contributed by atoms with Gasteiger partial charge in [0.05, 0.1) is 12.1 Å². The molecule has 0 aliphatic heterocycles. The summed E-state index contributed by atoms with van der Waals surface area (Å²) in [5.74, 6) is -0.816. The van der Waals surface area contributed by atoms with Crippen molar-refractivity contribution in [1.29, 1.82) is 0 Å². The van der Waals surface area contributed by atoms with Gasteiger partial charge in [-0.15, -0.1) is 0 Å². The van der Waals surface area contributed by atoms with E-state index in [1.165, 1.54) is 48.3 Å². The van der Waals surface area contributed by atoms with Crippen molar-refractivity contribution in [3.8, 4) is 17.0 Å². The predicted octanol–water partition coefficient (Wildman–Crippen LogP) is 3.34. The van der Waals surface area contributed by atoms with Gasteiger partial charge in [-0.25, -0.2) is 36.2 Å². The van der Waals surface area contributed by atoms with Crippen molar-refractivity contribution < 1.29 is 26.0 Å². The van der Waals surface area contributed by atoms with E-state index in [0.29, 0.717) is 10.9 Å². The number of nitrogens with one attached hydrogen (secondary N) is 1. The normalized spacial score (nSPS) is 12.2. The van der Waals surface area contributed by atoms with Gasteiger partial charge >= 0.3 is 0 Å². The minimum atomic E-state index is -4.22. The Kier molecular flexibility index (Phi) is 5.96. The summed E-state index contributed by atoms with van der Waals surface area (Å²) in [5.41, 5.74) is 0.900. The van der Waals surface area contributed by atoms with Crippen LogP contribution in [0.5, 0.6) is 5.88 Å². The molecule has 5 rings (SSSR count). The fraction of sp³-hybridized carbons (Fsp3) is 0.0909. The summed E-state index contributed by atoms with van der Waals surface area (Å²) in [6.07, 6.45) is 6.54. The number of ether oxygens (including phenoxy) is 1. The van der Waals surface area contributed by atoms with Crippen molar-refractivity contribution in [2.45, 2.75) is 10.1 Å². The Bertz CT molecular complexity index is 1930. The zero-order chi connectivity index (χ0) is 26.5. The first-order valence-electron chi connectivity index (χ1n) is 10.3. The van der Waals surface area contributed by atoms with Crippen LogP contribution in [-0.2, 0) is 19.9 Å². The molecule has 15 heteroatoms. The molecule has 0 spiro atoms. The van der Waals surface area contributed by atoms with Gasteiger partial charge in [0, 0.05) is 53.2 Å². The van der Waals surface area contributed by atoms with Crippen molar-refractivity contribution in [2.75, 3.05) is 18.1 Å². The molecule has 0 unspecified atom stereocenters. The van der Waals surface area contributed by atoms with E-state index < -0.39 is 25.7 Å². The van der Waals surface area contributed by atoms with E-state index in [4.69, 9.17) is 16.3 Å². The summed E-state index contributed by atoms with van der Waals surface area (Å²) < 4.78 is 74.0. The molecular weight excluding hydrogens is 547 g/mol. The van der Waals surface area contributed by atoms with Gasteiger partial charge in [-0.2, -0.15) is 4.98 Å². The van der Waals surface area contributed by atoms with Crippen LogP contribution in [-0.4, -0.2) is 54.5 Å². The van der Waals surface area contributed by atoms with E-state index in [-0.39, 0.29) is 43.5 Å². The zero-order valence-electron chi connectivity index (χ0n) is 19.0. The monoisotopic (exact) mass is 562 g/mol. The third-order valence-corrected chi connectivity index (χ3v) is 7.73. The Hall–Kier alpha value is -3.88. The van der Waals surface area contributed by atoms with Gasteiger partial charge in [-0.1, -0.05) is 11.6 Å². The molecule has 0 fully saturated rings. The zero-order valence-corrected chi connectivity index (χ0v) is 21.4. The highest BCUT2D eigenvalue weighted by atomic mass is 35.5. The second-order valence-corrected chi connectivity index (χ2v) is 11.8. The number of rotatable bonds is 6. The third kappa shape index (κ3) is 4.54. The molecule has 4 aromatic heterocycles. The highest BCUT2D eigenvalue weighted by Crippen LogP contribution is 2.33. The van der Waals surface area contributed by atoms with Gasteiger partial charge in [0.15, 0.2) is 4.90 Å². The van der Waals surface area contributed by atoms with Gasteiger partial charge in [0.1, 0.15) is 17.1 Å². The van der Waals surface area contributed by atoms with Crippen molar-refractivity contribution in [3.05, 3.63) is 66.0 Å². The van der Waals surface area contributed by atoms with Gasteiger partial charge in [0.2, 0.25) is 20.9 Å². The largest absolute Gasteiger partial charge is 0.480 e. The molecule has 0 bridgehead atoms. The maximum absolute atomic E-state index is 15.1. The number of benzene rings is 1. The molecule has 5 aromatic rings. The van der Waals surface area contributed by atoms with Crippen molar-refractivity contribution >= 4 is 53.8 Å². The fourth-order valence-electron chi connectivity index (χ4n) is 3.69. The van der Waals surface area contributed by atoms with Crippen LogP contribution in [0.2, 0.25) is 5.02 Å². The van der Waals surface area contributed by atoms with Crippen molar-refractivity contribution in [2.24, 2.45) is 0 Å². The van der Waals surface area contributed by atoms with Crippen LogP contribution in [0.15, 0.2) is 65.2 Å². The van der Waals surface area contributed by atoms with Crippen LogP contribution < -0.4 is 9.46 Å². The van der Waals surface area contributed by atoms with E-state index in [9.17, 15) is 16.8 Å². The summed E-state index contributed by atoms with van der Waals surface area (Å²) >= 11 is 5.92. The Labute approximate surface area is 214 Å². The van der Waals surface area contributed by atoms with E-state index in [1.54, 1.807) is 12.3 Å². The first-order valence-corrected chi connectivity index (χ1v) is 14.1. The van der Waals surface area contributed by atoms with Gasteiger partial charge < -0.3 is 4.74 Å². The lowest BCUT2D eigenvalue weighted by molar-refractivity contribution is 0.385. The minimum Gasteiger partial charge on any atom is -0.480 e. The average Bonchev–Trinajstić information content (AvgIpc) is 3.34. The number of anilines is 1. The number of halogens is 2. The average molecular weight is 563 g/mol. The summed E-state index contributed by atoms with van der Waals surface area (Å²) in [6.45, 7) is 0. The van der Waals surface area contributed by atoms with Gasteiger partial charge in [-0.3, -0.25) is 9.12 Å². The molecule has 0 radical (unpaired) electrons. The summed E-state index contributed by atoms with van der Waals surface area (Å²) in [4.78, 5) is 15.9. The molecule has 0 saturated heterocycles. The number of sulfone groups is 1. The van der Waals surface area contributed by atoms with E-state index in [0.717, 1.165) is 12.3 Å². The molecule has 0 amide bonds. The standard InChI is InChI=1S/C22H16ClFN6O5S2/c1-35-21-18(8-13(23)11-26-21)37(33,34)29-14-3-4-17(24)15(9-14)16-7-12-10-27-22(36(2,31)32)28-19(12)30-6-5-25-20(16)30/h3-11,29H,1-2H3. The highest BCUT2D eigenvalue weighted by molar-refractivity contribution is 7.92. The Morgan fingerprint density at radius 3 is 2.51 bits per heavy atom. The number of aromatic nitrogens is 5. The second kappa shape index (κ2) is 8.90. The van der Waals surface area contributed by atoms with Crippen LogP contribution in [0.3, 0.4) is 0 Å². The molecule has 0 aliphatic rings. The maximum atomic E-state index is 15.1. The number of sulfonamides is 1. The number of hydrogen-bond donors (Lipinski definition) is 1. The van der Waals surface area contributed by atoms with Crippen LogP contribution in [0.1, 0.15) is 0 Å². The van der Waals surface area contributed by atoms with E-state index in [1.807, 2.05) is 0 Å². The first kappa shape index (κ1) is 24.8. The maximum Gasteiger partial charge on any atom is 0.267 e. The van der Waals surface area contributed by atoms with Crippen LogP contribution in [0, 0.1) is 5.82 Å². The highest BCUT2D eigenvalue weighted by Gasteiger charge is 2.23. The quantitative estimate of drug-likeness (QED) is 0.308. The Morgan fingerprint density at radius 2 is 1.78 bits per heavy atom. The second-order valence-electron chi connectivity index (χ2n) is 7.84. The summed E-state index contributed by atoms with van der Waals surface area (Å²) in [7, 11) is -6.62. The summed E-state index contributed by atoms with van der Waals surface area (Å²) in [6, 6.07) is 6.39. The number of pyridine rings is 2. The minimum absolute atomic E-state index is 0.0293. The lowest BCUT2D eigenvalue weighted by Gasteiger charge is -2.13. The van der Waals surface area contributed by atoms with Crippen LogP contribution >= 0.6 is 11.6 Å². The van der Waals surface area contributed by atoms with Crippen molar-refractivity contribution in [3.63, 3.8) is 0 Å². The third-order valence-electron chi connectivity index (χ3n) is 5.29. The van der Waals surface area contributed by atoms with Crippen LogP contribution in [0.25, 0.3) is 27.8 Å². The van der Waals surface area contributed by atoms with Crippen molar-refractivity contribution in [1.82, 2.24) is 24.3 Å². The summed E-state index contributed by atoms with van der Waals surface area (Å²) in [5, 5.41) is 0.129. The molecule has 1 N–H and O–H groups in total. The lowest BCUT2D eigenvalue weighted by atomic mass is 10.0. The molecule has 0 saturated carbocycles. The fourth-order valence-corrected chi connectivity index (χ4v) is 5.61. The van der Waals surface area contributed by atoms with Gasteiger partial charge in [-0.05, 0) is 30.3 Å². The number of imidazole rings is 1. The molecule has 0 atom stereocenters. The smallest absolute Gasteiger partial charge is 0.267 e. The molecule has 4 heterocycles. The Balaban J connectivity index is 1.64. The van der Waals surface area contributed by atoms with E-state index >= 15 is 4.39 Å². The lowest BCUT2D eigenvalue weighted by Crippen LogP contribution is -2.15. The SMILES string of the molecule is COc1ncc(Cl)cc1S(=O)(=O)Nc1ccc(F)c(-c2cc3cnc(S(C)(=O)=O)nc3n3ccnc23)c1. The molecule has 1 aromatic carbocycles.